The molecule has 1 fully saturated rings. The van der Waals surface area contributed by atoms with Gasteiger partial charge in [-0.3, -0.25) is 19.7 Å². The summed E-state index contributed by atoms with van der Waals surface area (Å²) in [6.45, 7) is 1.84. The highest BCUT2D eigenvalue weighted by molar-refractivity contribution is 8.76. The Bertz CT molecular complexity index is 919. The molecule has 14 heteroatoms. The van der Waals surface area contributed by atoms with Gasteiger partial charge in [-0.05, 0) is 23.3 Å². The Balaban J connectivity index is 1.78. The van der Waals surface area contributed by atoms with Crippen molar-refractivity contribution in [1.82, 2.24) is 10.0 Å². The van der Waals surface area contributed by atoms with Crippen molar-refractivity contribution in [3.63, 3.8) is 0 Å². The van der Waals surface area contributed by atoms with Crippen LogP contribution >= 0.6 is 21.6 Å². The number of carbonyl (C=O) groups excluding carboxylic acids is 3. The highest BCUT2D eigenvalue weighted by Crippen LogP contribution is 2.35. The van der Waals surface area contributed by atoms with E-state index in [0.29, 0.717) is 11.4 Å². The van der Waals surface area contributed by atoms with Crippen molar-refractivity contribution in [2.75, 3.05) is 6.26 Å². The first-order chi connectivity index (χ1) is 13.5. The van der Waals surface area contributed by atoms with E-state index in [0.717, 1.165) is 12.5 Å². The fraction of sp³-hybridized carbons (Fsp3) is 0.467. The predicted octanol–water partition coefficient (Wildman–Crippen LogP) is 1.53. The van der Waals surface area contributed by atoms with Gasteiger partial charge in [0, 0.05) is 24.0 Å². The third-order valence-corrected chi connectivity index (χ3v) is 8.02. The maximum atomic E-state index is 12.0. The summed E-state index contributed by atoms with van der Waals surface area (Å²) in [6.07, 6.45) is 1.71. The van der Waals surface area contributed by atoms with Gasteiger partial charge in [0.15, 0.2) is 15.1 Å². The van der Waals surface area contributed by atoms with Gasteiger partial charge in [-0.25, -0.2) is 18.2 Å². The third kappa shape index (κ3) is 6.40. The maximum Gasteiger partial charge on any atom is 0.333 e. The Hall–Kier alpha value is -2.19. The van der Waals surface area contributed by atoms with E-state index in [1.807, 2.05) is 6.92 Å². The lowest BCUT2D eigenvalue weighted by Crippen LogP contribution is -2.36. The number of carbonyl (C=O) groups is 3. The molecule has 158 valence electrons. The molecule has 0 spiro atoms. The quantitative estimate of drug-likeness (QED) is 0.227. The number of pyridine rings is 1. The second-order valence-electron chi connectivity index (χ2n) is 6.15. The molecule has 2 amide bonds. The molecular weight excluding hydrogens is 446 g/mol. The van der Waals surface area contributed by atoms with Gasteiger partial charge in [0.2, 0.25) is 0 Å². The van der Waals surface area contributed by atoms with Gasteiger partial charge in [-0.1, -0.05) is 17.7 Å². The monoisotopic (exact) mass is 463 g/mol. The van der Waals surface area contributed by atoms with Crippen LogP contribution in [0.5, 0.6) is 0 Å². The average Bonchev–Trinajstić information content (AvgIpc) is 2.93. The van der Waals surface area contributed by atoms with E-state index in [2.05, 4.69) is 4.98 Å². The molecular formula is C15H17N3O8S3. The summed E-state index contributed by atoms with van der Waals surface area (Å²) in [4.78, 5) is 54.4. The van der Waals surface area contributed by atoms with Crippen LogP contribution in [0.25, 0.3) is 0 Å². The number of nitrogens with zero attached hydrogens (tertiary/aromatic N) is 3. The zero-order valence-electron chi connectivity index (χ0n) is 15.3. The van der Waals surface area contributed by atoms with Gasteiger partial charge in [-0.2, -0.15) is 0 Å². The average molecular weight is 464 g/mol. The molecule has 1 aliphatic rings. The van der Waals surface area contributed by atoms with E-state index >= 15 is 0 Å². The predicted molar refractivity (Wildman–Crippen MR) is 104 cm³/mol. The Labute approximate surface area is 174 Å². The van der Waals surface area contributed by atoms with Crippen LogP contribution in [0.2, 0.25) is 0 Å². The topological polar surface area (TPSA) is 154 Å². The zero-order valence-corrected chi connectivity index (χ0v) is 17.8. The van der Waals surface area contributed by atoms with Crippen LogP contribution in [0.15, 0.2) is 23.4 Å². The molecule has 2 unspecified atom stereocenters. The van der Waals surface area contributed by atoms with Gasteiger partial charge < -0.3 is 4.84 Å². The van der Waals surface area contributed by atoms with Gasteiger partial charge in [0.25, 0.3) is 17.5 Å². The zero-order chi connectivity index (χ0) is 21.8. The van der Waals surface area contributed by atoms with Crippen molar-refractivity contribution in [3.05, 3.63) is 28.4 Å². The smallest absolute Gasteiger partial charge is 0.330 e. The molecule has 1 aromatic heterocycles. The molecule has 0 bridgehead atoms. The number of hydroxylamine groups is 2. The molecule has 0 saturated carbocycles. The Kier molecular flexibility index (Phi) is 7.60. The molecule has 1 aliphatic heterocycles. The lowest BCUT2D eigenvalue weighted by atomic mass is 10.2. The van der Waals surface area contributed by atoms with Gasteiger partial charge >= 0.3 is 5.97 Å². The molecule has 0 aromatic carbocycles. The molecule has 1 aromatic rings. The van der Waals surface area contributed by atoms with Gasteiger partial charge in [-0.15, -0.1) is 5.06 Å². The van der Waals surface area contributed by atoms with Gasteiger partial charge in [0.05, 0.1) is 11.3 Å². The van der Waals surface area contributed by atoms with Crippen molar-refractivity contribution in [2.45, 2.75) is 41.7 Å². The molecule has 0 aliphatic carbocycles. The Morgan fingerprint density at radius 1 is 1.45 bits per heavy atom. The highest BCUT2D eigenvalue weighted by atomic mass is 33.1. The number of hydrogen-bond acceptors (Lipinski definition) is 11. The molecule has 2 rings (SSSR count). The summed E-state index contributed by atoms with van der Waals surface area (Å²) in [7, 11) is -1.11. The highest BCUT2D eigenvalue weighted by Gasteiger charge is 2.46. The van der Waals surface area contributed by atoms with Crippen LogP contribution in [0.4, 0.5) is 5.69 Å². The number of sulfone groups is 1. The van der Waals surface area contributed by atoms with Crippen molar-refractivity contribution >= 4 is 54.9 Å². The maximum absolute atomic E-state index is 12.0. The molecule has 11 nitrogen and oxygen atoms in total. The standard InChI is InChI=1S/C15H17N3O8S3/c1-9(27-28-12-5-4-10(8-16-12)18(22)23)3-6-14(20)26-17-13(19)7-11(15(17)21)29(2,24)25/h4-5,8-9,11H,3,6-7H2,1-2H3. The summed E-state index contributed by atoms with van der Waals surface area (Å²) in [5.74, 6) is -2.76. The first-order valence-electron chi connectivity index (χ1n) is 8.19. The van der Waals surface area contributed by atoms with Crippen molar-refractivity contribution in [3.8, 4) is 0 Å². The van der Waals surface area contributed by atoms with Crippen molar-refractivity contribution in [2.24, 2.45) is 0 Å². The Morgan fingerprint density at radius 3 is 2.66 bits per heavy atom. The summed E-state index contributed by atoms with van der Waals surface area (Å²) in [6, 6.07) is 2.85. The lowest BCUT2D eigenvalue weighted by Gasteiger charge is -2.14. The minimum absolute atomic E-state index is 0.0432. The second-order valence-corrected chi connectivity index (χ2v) is 11.0. The van der Waals surface area contributed by atoms with Crippen LogP contribution < -0.4 is 0 Å². The molecule has 0 N–H and O–H groups in total. The molecule has 1 saturated heterocycles. The van der Waals surface area contributed by atoms with Crippen LogP contribution in [-0.2, 0) is 29.1 Å². The van der Waals surface area contributed by atoms with E-state index in [-0.39, 0.29) is 22.4 Å². The molecule has 2 heterocycles. The number of hydrogen-bond donors (Lipinski definition) is 0. The van der Waals surface area contributed by atoms with E-state index in [9.17, 15) is 32.9 Å². The minimum Gasteiger partial charge on any atom is -0.330 e. The van der Waals surface area contributed by atoms with E-state index < -0.39 is 44.2 Å². The molecule has 2 atom stereocenters. The fourth-order valence-electron chi connectivity index (χ4n) is 2.19. The first-order valence-corrected chi connectivity index (χ1v) is 12.4. The number of imide groups is 1. The first kappa shape index (κ1) is 23.1. The van der Waals surface area contributed by atoms with Crippen molar-refractivity contribution in [1.29, 1.82) is 0 Å². The summed E-state index contributed by atoms with van der Waals surface area (Å²) in [5, 5.41) is 9.81. The third-order valence-electron chi connectivity index (χ3n) is 3.76. The fourth-order valence-corrected chi connectivity index (χ4v) is 5.17. The van der Waals surface area contributed by atoms with E-state index in [1.165, 1.54) is 33.7 Å². The van der Waals surface area contributed by atoms with Crippen LogP contribution in [0.3, 0.4) is 0 Å². The second kappa shape index (κ2) is 9.54. The molecule has 29 heavy (non-hydrogen) atoms. The minimum atomic E-state index is -3.77. The normalized spacial score (nSPS) is 18.0. The van der Waals surface area contributed by atoms with Gasteiger partial charge in [0.1, 0.15) is 11.2 Å². The largest absolute Gasteiger partial charge is 0.333 e. The number of rotatable bonds is 9. The molecule has 0 radical (unpaired) electrons. The van der Waals surface area contributed by atoms with E-state index in [4.69, 9.17) is 4.84 Å². The van der Waals surface area contributed by atoms with Crippen LogP contribution in [-0.4, -0.2) is 57.9 Å². The van der Waals surface area contributed by atoms with E-state index in [1.54, 1.807) is 0 Å². The lowest BCUT2D eigenvalue weighted by molar-refractivity contribution is -0.385. The van der Waals surface area contributed by atoms with Crippen LogP contribution in [0, 0.1) is 10.1 Å². The Morgan fingerprint density at radius 2 is 2.14 bits per heavy atom. The summed E-state index contributed by atoms with van der Waals surface area (Å²) < 4.78 is 23.0. The number of amides is 2. The summed E-state index contributed by atoms with van der Waals surface area (Å²) >= 11 is 0. The number of nitro groups is 1. The van der Waals surface area contributed by atoms with Crippen molar-refractivity contribution < 1.29 is 32.6 Å². The SMILES string of the molecule is CC(CCC(=O)ON1C(=O)CC(S(C)(=O)=O)C1=O)SSc1ccc([N+](=O)[O-])cn1. The number of aromatic nitrogens is 1. The van der Waals surface area contributed by atoms with Crippen LogP contribution in [0.1, 0.15) is 26.2 Å². The summed E-state index contributed by atoms with van der Waals surface area (Å²) in [5.41, 5.74) is -0.112.